The molecule has 1 aromatic heterocycles. The van der Waals surface area contributed by atoms with Crippen LogP contribution in [0.3, 0.4) is 0 Å². The van der Waals surface area contributed by atoms with Gasteiger partial charge in [-0.3, -0.25) is 9.78 Å². The molecule has 0 saturated heterocycles. The molecule has 0 spiro atoms. The van der Waals surface area contributed by atoms with Crippen molar-refractivity contribution in [2.45, 2.75) is 13.3 Å². The van der Waals surface area contributed by atoms with Crippen molar-refractivity contribution >= 4 is 11.5 Å². The molecule has 0 aliphatic rings. The molecule has 0 amide bonds. The number of aromatic nitrogens is 1. The van der Waals surface area contributed by atoms with Crippen molar-refractivity contribution in [3.63, 3.8) is 0 Å². The lowest BCUT2D eigenvalue weighted by atomic mass is 10.2. The molecule has 0 aliphatic heterocycles. The number of nitrogens with two attached hydrogens (primary N) is 1. The maximum Gasteiger partial charge on any atom is 0.167 e. The Bertz CT molecular complexity index is 660. The lowest BCUT2D eigenvalue weighted by Crippen LogP contribution is -2.00. The van der Waals surface area contributed by atoms with E-state index in [2.05, 4.69) is 4.98 Å². The number of hydrogen-bond donors (Lipinski definition) is 1. The summed E-state index contributed by atoms with van der Waals surface area (Å²) in [6.07, 6.45) is 1.58. The highest BCUT2D eigenvalue weighted by atomic mass is 19.1. The molecule has 0 saturated carbocycles. The first-order chi connectivity index (χ1) is 9.45. The van der Waals surface area contributed by atoms with Gasteiger partial charge < -0.3 is 10.5 Å². The van der Waals surface area contributed by atoms with Crippen LogP contribution in [-0.2, 0) is 11.2 Å². The molecular formula is C14H12F2N2O2. The predicted octanol–water partition coefficient (Wildman–Crippen LogP) is 2.87. The Kier molecular flexibility index (Phi) is 3.93. The van der Waals surface area contributed by atoms with Crippen LogP contribution in [0, 0.1) is 11.6 Å². The molecule has 0 radical (unpaired) electrons. The Balaban J connectivity index is 2.26. The number of benzene rings is 1. The largest absolute Gasteiger partial charge is 0.454 e. The fourth-order valence-corrected chi connectivity index (χ4v) is 1.62. The monoisotopic (exact) mass is 278 g/mol. The van der Waals surface area contributed by atoms with Crippen molar-refractivity contribution in [2.75, 3.05) is 5.73 Å². The molecule has 0 aliphatic carbocycles. The first kappa shape index (κ1) is 13.9. The predicted molar refractivity (Wildman–Crippen MR) is 69.5 cm³/mol. The molecular weight excluding hydrogens is 266 g/mol. The zero-order valence-corrected chi connectivity index (χ0v) is 10.7. The van der Waals surface area contributed by atoms with Gasteiger partial charge in [0.05, 0.1) is 11.4 Å². The van der Waals surface area contributed by atoms with Crippen LogP contribution in [0.15, 0.2) is 30.5 Å². The molecule has 0 atom stereocenters. The Morgan fingerprint density at radius 3 is 2.75 bits per heavy atom. The highest BCUT2D eigenvalue weighted by Gasteiger charge is 2.10. The second-order valence-corrected chi connectivity index (χ2v) is 4.27. The zero-order chi connectivity index (χ0) is 14.7. The van der Waals surface area contributed by atoms with Crippen LogP contribution in [0.4, 0.5) is 14.5 Å². The lowest BCUT2D eigenvalue weighted by Gasteiger charge is -2.08. The van der Waals surface area contributed by atoms with Gasteiger partial charge in [-0.1, -0.05) is 0 Å². The normalized spacial score (nSPS) is 10.3. The third kappa shape index (κ3) is 3.28. The molecule has 6 heteroatoms. The van der Waals surface area contributed by atoms with E-state index < -0.39 is 11.6 Å². The fraction of sp³-hybridized carbons (Fsp3) is 0.143. The number of ketones is 1. The SMILES string of the molecule is CC(=O)Cc1cc(Oc2cc(F)c(N)cc2F)ccn1. The Morgan fingerprint density at radius 2 is 2.05 bits per heavy atom. The van der Waals surface area contributed by atoms with Crippen molar-refractivity contribution in [2.24, 2.45) is 0 Å². The van der Waals surface area contributed by atoms with Crippen LogP contribution >= 0.6 is 0 Å². The summed E-state index contributed by atoms with van der Waals surface area (Å²) >= 11 is 0. The lowest BCUT2D eigenvalue weighted by molar-refractivity contribution is -0.116. The van der Waals surface area contributed by atoms with Crippen LogP contribution in [0.2, 0.25) is 0 Å². The van der Waals surface area contributed by atoms with E-state index in [-0.39, 0.29) is 29.4 Å². The summed E-state index contributed by atoms with van der Waals surface area (Å²) in [6.45, 7) is 1.43. The van der Waals surface area contributed by atoms with Crippen molar-refractivity contribution in [1.82, 2.24) is 4.98 Å². The van der Waals surface area contributed by atoms with E-state index in [4.69, 9.17) is 10.5 Å². The van der Waals surface area contributed by atoms with Crippen molar-refractivity contribution in [3.8, 4) is 11.5 Å². The number of hydrogen-bond acceptors (Lipinski definition) is 4. The van der Waals surface area contributed by atoms with Gasteiger partial charge in [0.25, 0.3) is 0 Å². The van der Waals surface area contributed by atoms with Crippen molar-refractivity contribution in [1.29, 1.82) is 0 Å². The minimum Gasteiger partial charge on any atom is -0.454 e. The molecule has 1 aromatic carbocycles. The third-order valence-corrected chi connectivity index (χ3v) is 2.50. The molecule has 0 unspecified atom stereocenters. The highest BCUT2D eigenvalue weighted by Crippen LogP contribution is 2.28. The Hall–Kier alpha value is -2.50. The molecule has 20 heavy (non-hydrogen) atoms. The Morgan fingerprint density at radius 1 is 1.30 bits per heavy atom. The number of ether oxygens (including phenoxy) is 1. The molecule has 2 aromatic rings. The number of rotatable bonds is 4. The number of carbonyl (C=O) groups is 1. The number of Topliss-reactive ketones (excluding diaryl/α,β-unsaturated/α-hetero) is 1. The van der Waals surface area contributed by atoms with E-state index in [1.807, 2.05) is 0 Å². The number of anilines is 1. The van der Waals surface area contributed by atoms with Crippen LogP contribution in [-0.4, -0.2) is 10.8 Å². The topological polar surface area (TPSA) is 65.2 Å². The van der Waals surface area contributed by atoms with Crippen LogP contribution in [0.25, 0.3) is 0 Å². The summed E-state index contributed by atoms with van der Waals surface area (Å²) in [5.74, 6) is -1.61. The van der Waals surface area contributed by atoms with Crippen molar-refractivity contribution < 1.29 is 18.3 Å². The third-order valence-electron chi connectivity index (χ3n) is 2.50. The standard InChI is InChI=1S/C14H12F2N2O2/c1-8(19)4-9-5-10(2-3-18-9)20-14-7-11(15)13(17)6-12(14)16/h2-3,5-7H,4,17H2,1H3. The first-order valence-corrected chi connectivity index (χ1v) is 5.82. The van der Waals surface area contributed by atoms with Gasteiger partial charge in [0.2, 0.25) is 0 Å². The summed E-state index contributed by atoms with van der Waals surface area (Å²) in [6, 6.07) is 4.70. The molecule has 2 rings (SSSR count). The Labute approximate surface area is 114 Å². The number of halogens is 2. The van der Waals surface area contributed by atoms with Crippen LogP contribution < -0.4 is 10.5 Å². The molecule has 2 N–H and O–H groups in total. The molecule has 0 bridgehead atoms. The van der Waals surface area contributed by atoms with Gasteiger partial charge in [-0.2, -0.15) is 0 Å². The van der Waals surface area contributed by atoms with Gasteiger partial charge in [0.1, 0.15) is 17.3 Å². The number of pyridine rings is 1. The van der Waals surface area contributed by atoms with Gasteiger partial charge in [0, 0.05) is 30.8 Å². The summed E-state index contributed by atoms with van der Waals surface area (Å²) in [5.41, 5.74) is 5.45. The number of nitrogen functional groups attached to an aromatic ring is 1. The van der Waals surface area contributed by atoms with E-state index in [0.717, 1.165) is 12.1 Å². The summed E-state index contributed by atoms with van der Waals surface area (Å²) < 4.78 is 32.1. The molecule has 0 fully saturated rings. The summed E-state index contributed by atoms with van der Waals surface area (Å²) in [4.78, 5) is 15.0. The van der Waals surface area contributed by atoms with E-state index in [0.29, 0.717) is 5.69 Å². The maximum absolute atomic E-state index is 13.6. The average Bonchev–Trinajstić information content (AvgIpc) is 2.35. The smallest absolute Gasteiger partial charge is 0.167 e. The summed E-state index contributed by atoms with van der Waals surface area (Å²) in [7, 11) is 0. The minimum absolute atomic E-state index is 0.0561. The number of nitrogens with zero attached hydrogens (tertiary/aromatic N) is 1. The van der Waals surface area contributed by atoms with E-state index in [9.17, 15) is 13.6 Å². The molecule has 104 valence electrons. The number of carbonyl (C=O) groups excluding carboxylic acids is 1. The van der Waals surface area contributed by atoms with Crippen LogP contribution in [0.5, 0.6) is 11.5 Å². The highest BCUT2D eigenvalue weighted by molar-refractivity contribution is 5.77. The molecule has 1 heterocycles. The maximum atomic E-state index is 13.6. The van der Waals surface area contributed by atoms with Crippen LogP contribution in [0.1, 0.15) is 12.6 Å². The van der Waals surface area contributed by atoms with E-state index in [1.165, 1.54) is 25.3 Å². The van der Waals surface area contributed by atoms with E-state index >= 15 is 0 Å². The van der Waals surface area contributed by atoms with Gasteiger partial charge in [0.15, 0.2) is 11.6 Å². The van der Waals surface area contributed by atoms with Gasteiger partial charge >= 0.3 is 0 Å². The quantitative estimate of drug-likeness (QED) is 0.873. The van der Waals surface area contributed by atoms with Crippen molar-refractivity contribution in [3.05, 3.63) is 47.8 Å². The fourth-order valence-electron chi connectivity index (χ4n) is 1.62. The molecule has 4 nitrogen and oxygen atoms in total. The van der Waals surface area contributed by atoms with Gasteiger partial charge in [-0.25, -0.2) is 8.78 Å². The van der Waals surface area contributed by atoms with Gasteiger partial charge in [-0.05, 0) is 13.0 Å². The van der Waals surface area contributed by atoms with Gasteiger partial charge in [-0.15, -0.1) is 0 Å². The second kappa shape index (κ2) is 5.64. The second-order valence-electron chi connectivity index (χ2n) is 4.27. The minimum atomic E-state index is -0.770. The van der Waals surface area contributed by atoms with E-state index in [1.54, 1.807) is 0 Å². The average molecular weight is 278 g/mol. The summed E-state index contributed by atoms with van der Waals surface area (Å²) in [5, 5.41) is 0. The first-order valence-electron chi connectivity index (χ1n) is 5.82. The zero-order valence-electron chi connectivity index (χ0n) is 10.7.